The molecule has 3 nitrogen and oxygen atoms in total. The van der Waals surface area contributed by atoms with E-state index in [1.807, 2.05) is 12.1 Å². The molecule has 1 saturated heterocycles. The standard InChI is InChI=1S/C17H28ClN3/c1-3-17(4-2,21-11-5-6-12-21)16(20-19)13-14-7-9-15(18)10-8-14/h7-10,16,20H,3-6,11-13,19H2,1-2H3. The zero-order valence-corrected chi connectivity index (χ0v) is 14.0. The van der Waals surface area contributed by atoms with Gasteiger partial charge in [0.1, 0.15) is 0 Å². The van der Waals surface area contributed by atoms with E-state index < -0.39 is 0 Å². The van der Waals surface area contributed by atoms with Gasteiger partial charge in [-0.15, -0.1) is 0 Å². The molecule has 2 rings (SSSR count). The molecule has 0 saturated carbocycles. The predicted octanol–water partition coefficient (Wildman–Crippen LogP) is 3.37. The number of nitrogens with two attached hydrogens (primary N) is 1. The zero-order chi connectivity index (χ0) is 15.3. The lowest BCUT2D eigenvalue weighted by Crippen LogP contribution is -2.62. The molecule has 1 fully saturated rings. The van der Waals surface area contributed by atoms with Gasteiger partial charge in [-0.05, 0) is 62.9 Å². The van der Waals surface area contributed by atoms with Gasteiger partial charge in [0, 0.05) is 16.6 Å². The van der Waals surface area contributed by atoms with Crippen LogP contribution in [0, 0.1) is 0 Å². The van der Waals surface area contributed by atoms with E-state index >= 15 is 0 Å². The third-order valence-electron chi connectivity index (χ3n) is 5.16. The molecular formula is C17H28ClN3. The Bertz CT molecular complexity index is 422. The molecule has 118 valence electrons. The molecule has 0 radical (unpaired) electrons. The van der Waals surface area contributed by atoms with Gasteiger partial charge in [-0.2, -0.15) is 0 Å². The van der Waals surface area contributed by atoms with E-state index in [4.69, 9.17) is 17.4 Å². The van der Waals surface area contributed by atoms with Crippen LogP contribution in [0.25, 0.3) is 0 Å². The van der Waals surface area contributed by atoms with Crippen molar-refractivity contribution in [2.75, 3.05) is 13.1 Å². The molecule has 3 N–H and O–H groups in total. The van der Waals surface area contributed by atoms with Gasteiger partial charge in [0.15, 0.2) is 0 Å². The predicted molar refractivity (Wildman–Crippen MR) is 90.4 cm³/mol. The van der Waals surface area contributed by atoms with Crippen LogP contribution < -0.4 is 11.3 Å². The third-order valence-corrected chi connectivity index (χ3v) is 5.42. The van der Waals surface area contributed by atoms with E-state index in [0.29, 0.717) is 0 Å². The highest BCUT2D eigenvalue weighted by atomic mass is 35.5. The average molecular weight is 310 g/mol. The zero-order valence-electron chi connectivity index (χ0n) is 13.2. The minimum absolute atomic E-state index is 0.144. The number of hydrazine groups is 1. The third kappa shape index (κ3) is 3.59. The molecule has 1 heterocycles. The first-order valence-corrected chi connectivity index (χ1v) is 8.49. The van der Waals surface area contributed by atoms with Crippen LogP contribution in [0.1, 0.15) is 45.1 Å². The highest BCUT2D eigenvalue weighted by Gasteiger charge is 2.41. The molecule has 0 aromatic heterocycles. The molecule has 1 aromatic carbocycles. The lowest BCUT2D eigenvalue weighted by atomic mass is 9.80. The van der Waals surface area contributed by atoms with E-state index in [9.17, 15) is 0 Å². The van der Waals surface area contributed by atoms with E-state index in [0.717, 1.165) is 24.3 Å². The second-order valence-electron chi connectivity index (χ2n) is 6.05. The summed E-state index contributed by atoms with van der Waals surface area (Å²) in [5.74, 6) is 5.95. The van der Waals surface area contributed by atoms with Crippen molar-refractivity contribution in [1.82, 2.24) is 10.3 Å². The van der Waals surface area contributed by atoms with Crippen LogP contribution in [0.5, 0.6) is 0 Å². The Morgan fingerprint density at radius 3 is 2.24 bits per heavy atom. The smallest absolute Gasteiger partial charge is 0.0434 e. The number of halogens is 1. The fraction of sp³-hybridized carbons (Fsp3) is 0.647. The number of nitrogens with one attached hydrogen (secondary N) is 1. The van der Waals surface area contributed by atoms with Crippen molar-refractivity contribution in [3.8, 4) is 0 Å². The molecule has 1 unspecified atom stereocenters. The summed E-state index contributed by atoms with van der Waals surface area (Å²) in [7, 11) is 0. The van der Waals surface area contributed by atoms with Crippen molar-refractivity contribution in [2.24, 2.45) is 5.84 Å². The topological polar surface area (TPSA) is 41.3 Å². The van der Waals surface area contributed by atoms with Crippen LogP contribution in [-0.4, -0.2) is 29.6 Å². The summed E-state index contributed by atoms with van der Waals surface area (Å²) in [6.45, 7) is 6.96. The summed E-state index contributed by atoms with van der Waals surface area (Å²) in [5.41, 5.74) is 4.54. The molecule has 1 atom stereocenters. The lowest BCUT2D eigenvalue weighted by molar-refractivity contribution is 0.0620. The van der Waals surface area contributed by atoms with Crippen LogP contribution in [0.3, 0.4) is 0 Å². The number of nitrogens with zero attached hydrogens (tertiary/aromatic N) is 1. The Morgan fingerprint density at radius 2 is 1.76 bits per heavy atom. The van der Waals surface area contributed by atoms with Gasteiger partial charge >= 0.3 is 0 Å². The van der Waals surface area contributed by atoms with E-state index in [1.165, 1.54) is 31.5 Å². The Morgan fingerprint density at radius 1 is 1.19 bits per heavy atom. The van der Waals surface area contributed by atoms with Gasteiger partial charge in [-0.25, -0.2) is 0 Å². The number of hydrogen-bond donors (Lipinski definition) is 2. The molecule has 1 aliphatic heterocycles. The Labute approximate surface area is 133 Å². The normalized spacial score (nSPS) is 18.1. The Balaban J connectivity index is 2.20. The van der Waals surface area contributed by atoms with Crippen molar-refractivity contribution in [1.29, 1.82) is 0 Å². The monoisotopic (exact) mass is 309 g/mol. The fourth-order valence-electron chi connectivity index (χ4n) is 3.83. The summed E-state index contributed by atoms with van der Waals surface area (Å²) >= 11 is 5.98. The first-order chi connectivity index (χ1) is 10.2. The minimum Gasteiger partial charge on any atom is -0.296 e. The molecule has 1 aliphatic rings. The maximum atomic E-state index is 5.98. The van der Waals surface area contributed by atoms with Crippen LogP contribution in [0.15, 0.2) is 24.3 Å². The molecule has 1 aromatic rings. The highest BCUT2D eigenvalue weighted by Crippen LogP contribution is 2.33. The maximum Gasteiger partial charge on any atom is 0.0434 e. The van der Waals surface area contributed by atoms with Crippen molar-refractivity contribution < 1.29 is 0 Å². The molecule has 4 heteroatoms. The number of benzene rings is 1. The summed E-state index contributed by atoms with van der Waals surface area (Å²) in [6.07, 6.45) is 5.78. The van der Waals surface area contributed by atoms with Gasteiger partial charge in [-0.1, -0.05) is 37.6 Å². The highest BCUT2D eigenvalue weighted by molar-refractivity contribution is 6.30. The van der Waals surface area contributed by atoms with Gasteiger partial charge < -0.3 is 0 Å². The lowest BCUT2D eigenvalue weighted by Gasteiger charge is -2.46. The molecule has 0 amide bonds. The molecule has 0 aliphatic carbocycles. The number of likely N-dealkylation sites (tertiary alicyclic amines) is 1. The van der Waals surface area contributed by atoms with E-state index in [1.54, 1.807) is 0 Å². The number of rotatable bonds is 7. The van der Waals surface area contributed by atoms with Crippen molar-refractivity contribution in [3.05, 3.63) is 34.9 Å². The summed E-state index contributed by atoms with van der Waals surface area (Å²) < 4.78 is 0. The van der Waals surface area contributed by atoms with E-state index in [-0.39, 0.29) is 11.6 Å². The van der Waals surface area contributed by atoms with E-state index in [2.05, 4.69) is 36.3 Å². The summed E-state index contributed by atoms with van der Waals surface area (Å²) in [4.78, 5) is 2.65. The van der Waals surface area contributed by atoms with Crippen LogP contribution >= 0.6 is 11.6 Å². The molecular weight excluding hydrogens is 282 g/mol. The Kier molecular flexibility index (Phi) is 6.06. The van der Waals surface area contributed by atoms with Crippen molar-refractivity contribution in [2.45, 2.75) is 57.5 Å². The summed E-state index contributed by atoms with van der Waals surface area (Å²) in [6, 6.07) is 8.38. The Hall–Kier alpha value is -0.610. The second-order valence-corrected chi connectivity index (χ2v) is 6.49. The van der Waals surface area contributed by atoms with Gasteiger partial charge in [0.05, 0.1) is 0 Å². The first-order valence-electron chi connectivity index (χ1n) is 8.12. The first kappa shape index (κ1) is 16.8. The largest absolute Gasteiger partial charge is 0.296 e. The van der Waals surface area contributed by atoms with Crippen LogP contribution in [0.4, 0.5) is 0 Å². The van der Waals surface area contributed by atoms with Gasteiger partial charge in [0.2, 0.25) is 0 Å². The van der Waals surface area contributed by atoms with Crippen molar-refractivity contribution >= 4 is 11.6 Å². The molecule has 0 bridgehead atoms. The van der Waals surface area contributed by atoms with Crippen LogP contribution in [-0.2, 0) is 6.42 Å². The number of hydrogen-bond acceptors (Lipinski definition) is 3. The fourth-order valence-corrected chi connectivity index (χ4v) is 3.96. The average Bonchev–Trinajstić information content (AvgIpc) is 3.04. The maximum absolute atomic E-state index is 5.98. The van der Waals surface area contributed by atoms with Crippen LogP contribution in [0.2, 0.25) is 5.02 Å². The molecule has 0 spiro atoms. The van der Waals surface area contributed by atoms with Crippen molar-refractivity contribution in [3.63, 3.8) is 0 Å². The molecule has 21 heavy (non-hydrogen) atoms. The van der Waals surface area contributed by atoms with Gasteiger partial charge in [-0.3, -0.25) is 16.2 Å². The minimum atomic E-state index is 0.144. The summed E-state index contributed by atoms with van der Waals surface area (Å²) in [5, 5.41) is 0.785. The quantitative estimate of drug-likeness (QED) is 0.599. The SMILES string of the molecule is CCC(CC)(C(Cc1ccc(Cl)cc1)NN)N1CCCC1. The van der Waals surface area contributed by atoms with Gasteiger partial charge in [0.25, 0.3) is 0 Å². The second kappa shape index (κ2) is 7.59.